The molecule has 2 aliphatic heterocycles. The summed E-state index contributed by atoms with van der Waals surface area (Å²) in [6.07, 6.45) is 0.938. The Morgan fingerprint density at radius 3 is 2.02 bits per heavy atom. The molecular weight excluding hydrogens is 622 g/mol. The molecular formula is C39H37N3O7. The van der Waals surface area contributed by atoms with Crippen LogP contribution in [0.5, 0.6) is 17.2 Å². The van der Waals surface area contributed by atoms with Crippen molar-refractivity contribution in [2.75, 3.05) is 20.2 Å². The SMILES string of the molecule is CCC(=C(c1ccc(O)cc1)c1ccc(OCCN(C)Cc2ccc3c(c2)C(=O)N(C2CCC(=O)NC2=O)C3=O)cc1)c1ccc(O)cc1. The molecule has 4 aromatic rings. The molecule has 0 aliphatic carbocycles. The van der Waals surface area contributed by atoms with Gasteiger partial charge in [0, 0.05) is 19.5 Å². The molecule has 1 fully saturated rings. The van der Waals surface area contributed by atoms with Gasteiger partial charge in [-0.1, -0.05) is 49.4 Å². The van der Waals surface area contributed by atoms with Crippen LogP contribution < -0.4 is 10.1 Å². The molecule has 3 N–H and O–H groups in total. The number of piperidine rings is 1. The number of allylic oxidation sites excluding steroid dienone is 1. The van der Waals surface area contributed by atoms with Gasteiger partial charge in [-0.15, -0.1) is 0 Å². The minimum absolute atomic E-state index is 0.0742. The van der Waals surface area contributed by atoms with Crippen LogP contribution in [0.2, 0.25) is 0 Å². The molecule has 4 aromatic carbocycles. The number of aromatic hydroxyl groups is 2. The zero-order valence-corrected chi connectivity index (χ0v) is 27.3. The van der Waals surface area contributed by atoms with E-state index in [-0.39, 0.29) is 35.5 Å². The summed E-state index contributed by atoms with van der Waals surface area (Å²) in [6.45, 7) is 3.60. The van der Waals surface area contributed by atoms with Crippen LogP contribution in [-0.2, 0) is 16.1 Å². The lowest BCUT2D eigenvalue weighted by Gasteiger charge is -2.27. The number of hydrogen-bond acceptors (Lipinski definition) is 8. The number of benzene rings is 4. The second-order valence-electron chi connectivity index (χ2n) is 12.2. The Morgan fingerprint density at radius 2 is 1.41 bits per heavy atom. The van der Waals surface area contributed by atoms with E-state index in [0.717, 1.165) is 44.7 Å². The molecule has 0 bridgehead atoms. The number of nitrogens with zero attached hydrogens (tertiary/aromatic N) is 2. The molecule has 0 aromatic heterocycles. The van der Waals surface area contributed by atoms with Crippen molar-refractivity contribution in [3.63, 3.8) is 0 Å². The molecule has 4 amide bonds. The largest absolute Gasteiger partial charge is 0.508 e. The van der Waals surface area contributed by atoms with Crippen LogP contribution in [0.25, 0.3) is 11.1 Å². The number of hydrogen-bond donors (Lipinski definition) is 3. The van der Waals surface area contributed by atoms with Crippen LogP contribution >= 0.6 is 0 Å². The van der Waals surface area contributed by atoms with Gasteiger partial charge in [0.1, 0.15) is 29.9 Å². The monoisotopic (exact) mass is 659 g/mol. The second-order valence-corrected chi connectivity index (χ2v) is 12.2. The van der Waals surface area contributed by atoms with Gasteiger partial charge in [0.15, 0.2) is 0 Å². The van der Waals surface area contributed by atoms with E-state index < -0.39 is 29.7 Å². The van der Waals surface area contributed by atoms with Crippen molar-refractivity contribution in [3.8, 4) is 17.2 Å². The van der Waals surface area contributed by atoms with Gasteiger partial charge >= 0.3 is 0 Å². The highest BCUT2D eigenvalue weighted by Gasteiger charge is 2.44. The van der Waals surface area contributed by atoms with Gasteiger partial charge in [-0.2, -0.15) is 0 Å². The number of ether oxygens (including phenoxy) is 1. The number of rotatable bonds is 11. The van der Waals surface area contributed by atoms with Crippen LogP contribution in [-0.4, -0.2) is 69.9 Å². The van der Waals surface area contributed by atoms with E-state index in [1.807, 2.05) is 60.5 Å². The molecule has 1 saturated heterocycles. The molecule has 0 radical (unpaired) electrons. The summed E-state index contributed by atoms with van der Waals surface area (Å²) in [4.78, 5) is 53.1. The normalized spacial score (nSPS) is 16.5. The molecule has 6 rings (SSSR count). The number of likely N-dealkylation sites (N-methyl/N-ethyl adjacent to an activating group) is 1. The predicted octanol–water partition coefficient (Wildman–Crippen LogP) is 5.38. The Labute approximate surface area is 284 Å². The standard InChI is InChI=1S/C39H37N3O7/c1-3-31(25-5-11-28(43)12-6-25)36(26-7-13-29(44)14-8-26)27-9-15-30(16-10-27)49-21-20-41(2)23-24-4-17-32-33(22-24)39(48)42(38(32)47)34-18-19-35(45)40-37(34)46/h4-17,22,34,43-44H,3,18-21,23H2,1-2H3,(H,40,45,46). The summed E-state index contributed by atoms with van der Waals surface area (Å²) in [5, 5.41) is 22.0. The van der Waals surface area contributed by atoms with E-state index in [1.165, 1.54) is 0 Å². The van der Waals surface area contributed by atoms with E-state index in [1.54, 1.807) is 42.5 Å². The fourth-order valence-electron chi connectivity index (χ4n) is 6.38. The quantitative estimate of drug-likeness (QED) is 0.144. The van der Waals surface area contributed by atoms with Crippen molar-refractivity contribution < 1.29 is 34.1 Å². The van der Waals surface area contributed by atoms with Crippen molar-refractivity contribution in [1.29, 1.82) is 0 Å². The smallest absolute Gasteiger partial charge is 0.262 e. The lowest BCUT2D eigenvalue weighted by Crippen LogP contribution is -2.54. The third-order valence-electron chi connectivity index (χ3n) is 8.87. The van der Waals surface area contributed by atoms with Crippen LogP contribution in [0, 0.1) is 0 Å². The zero-order valence-electron chi connectivity index (χ0n) is 27.3. The first-order valence-corrected chi connectivity index (χ1v) is 16.2. The molecule has 2 heterocycles. The Morgan fingerprint density at radius 1 is 0.816 bits per heavy atom. The van der Waals surface area contributed by atoms with Gasteiger partial charge < -0.3 is 14.9 Å². The summed E-state index contributed by atoms with van der Waals surface area (Å²) >= 11 is 0. The molecule has 1 unspecified atom stereocenters. The minimum Gasteiger partial charge on any atom is -0.508 e. The topological polar surface area (TPSA) is 136 Å². The van der Waals surface area contributed by atoms with Crippen LogP contribution in [0.3, 0.4) is 0 Å². The maximum absolute atomic E-state index is 13.2. The first kappa shape index (κ1) is 33.2. The molecule has 49 heavy (non-hydrogen) atoms. The summed E-state index contributed by atoms with van der Waals surface area (Å²) in [5.74, 6) is -0.984. The van der Waals surface area contributed by atoms with Gasteiger partial charge in [-0.3, -0.25) is 34.3 Å². The molecule has 0 saturated carbocycles. The number of imide groups is 2. The highest BCUT2D eigenvalue weighted by Crippen LogP contribution is 2.36. The maximum atomic E-state index is 13.2. The number of carbonyl (C=O) groups excluding carboxylic acids is 4. The molecule has 10 heteroatoms. The van der Waals surface area contributed by atoms with Gasteiger partial charge in [-0.25, -0.2) is 0 Å². The predicted molar refractivity (Wildman–Crippen MR) is 184 cm³/mol. The van der Waals surface area contributed by atoms with Crippen molar-refractivity contribution in [1.82, 2.24) is 15.1 Å². The van der Waals surface area contributed by atoms with Gasteiger partial charge in [-0.05, 0) is 102 Å². The number of amides is 4. The van der Waals surface area contributed by atoms with Crippen LogP contribution in [0.1, 0.15) is 69.2 Å². The van der Waals surface area contributed by atoms with Gasteiger partial charge in [0.05, 0.1) is 11.1 Å². The fraction of sp³-hybridized carbons (Fsp3) is 0.231. The van der Waals surface area contributed by atoms with Gasteiger partial charge in [0.2, 0.25) is 11.8 Å². The van der Waals surface area contributed by atoms with E-state index in [9.17, 15) is 29.4 Å². The van der Waals surface area contributed by atoms with E-state index in [0.29, 0.717) is 25.4 Å². The Balaban J connectivity index is 1.10. The van der Waals surface area contributed by atoms with E-state index >= 15 is 0 Å². The Kier molecular flexibility index (Phi) is 9.59. The minimum atomic E-state index is -0.995. The molecule has 250 valence electrons. The maximum Gasteiger partial charge on any atom is 0.262 e. The third-order valence-corrected chi connectivity index (χ3v) is 8.87. The van der Waals surface area contributed by atoms with E-state index in [2.05, 4.69) is 12.2 Å². The first-order chi connectivity index (χ1) is 23.6. The molecule has 2 aliphatic rings. The second kappa shape index (κ2) is 14.2. The average molecular weight is 660 g/mol. The van der Waals surface area contributed by atoms with Gasteiger partial charge in [0.25, 0.3) is 11.8 Å². The number of fused-ring (bicyclic) bond motifs is 1. The van der Waals surface area contributed by atoms with Crippen LogP contribution in [0.4, 0.5) is 0 Å². The van der Waals surface area contributed by atoms with E-state index in [4.69, 9.17) is 4.74 Å². The third kappa shape index (κ3) is 7.09. The average Bonchev–Trinajstić information content (AvgIpc) is 3.33. The summed E-state index contributed by atoms with van der Waals surface area (Å²) in [7, 11) is 1.94. The number of nitrogens with one attached hydrogen (secondary N) is 1. The first-order valence-electron chi connectivity index (χ1n) is 16.2. The summed E-state index contributed by atoms with van der Waals surface area (Å²) < 4.78 is 6.07. The van der Waals surface area contributed by atoms with Crippen LogP contribution in [0.15, 0.2) is 91.0 Å². The number of phenolic OH excluding ortho intramolecular Hbond substituents is 2. The molecule has 10 nitrogen and oxygen atoms in total. The molecule has 1 atom stereocenters. The lowest BCUT2D eigenvalue weighted by molar-refractivity contribution is -0.136. The highest BCUT2D eigenvalue weighted by molar-refractivity contribution is 6.23. The Bertz CT molecular complexity index is 1930. The van der Waals surface area contributed by atoms with Crippen molar-refractivity contribution >= 4 is 34.8 Å². The zero-order chi connectivity index (χ0) is 34.7. The number of carbonyl (C=O) groups is 4. The Hall–Kier alpha value is -5.74. The summed E-state index contributed by atoms with van der Waals surface area (Å²) in [5.41, 5.74) is 6.42. The molecule has 0 spiro atoms. The number of phenols is 2. The lowest BCUT2D eigenvalue weighted by atomic mass is 9.88. The fourth-order valence-corrected chi connectivity index (χ4v) is 6.38. The highest BCUT2D eigenvalue weighted by atomic mass is 16.5. The van der Waals surface area contributed by atoms with Crippen molar-refractivity contribution in [2.24, 2.45) is 0 Å². The summed E-state index contributed by atoms with van der Waals surface area (Å²) in [6, 6.07) is 26.3. The van der Waals surface area contributed by atoms with Crippen molar-refractivity contribution in [3.05, 3.63) is 124 Å². The van der Waals surface area contributed by atoms with Crippen molar-refractivity contribution in [2.45, 2.75) is 38.8 Å².